The average molecular weight is 284 g/mol. The van der Waals surface area contributed by atoms with Crippen LogP contribution in [0, 0.1) is 0 Å². The van der Waals surface area contributed by atoms with Crippen LogP contribution in [0.4, 0.5) is 0 Å². The van der Waals surface area contributed by atoms with Gasteiger partial charge in [0.25, 0.3) is 0 Å². The molecule has 1 aromatic heterocycles. The first-order valence-corrected chi connectivity index (χ1v) is 7.75. The fourth-order valence-electron chi connectivity index (χ4n) is 2.54. The fraction of sp³-hybridized carbons (Fsp3) is 0.583. The van der Waals surface area contributed by atoms with Crippen LogP contribution in [0.25, 0.3) is 0 Å². The monoisotopic (exact) mass is 284 g/mol. The Balaban J connectivity index is 1.85. The lowest BCUT2D eigenvalue weighted by Crippen LogP contribution is -2.50. The van der Waals surface area contributed by atoms with Crippen LogP contribution >= 0.6 is 0 Å². The molecule has 0 saturated carbocycles. The molecule has 2 fully saturated rings. The molecule has 1 spiro atoms. The van der Waals surface area contributed by atoms with E-state index in [1.807, 2.05) is 0 Å². The summed E-state index contributed by atoms with van der Waals surface area (Å²) in [5, 5.41) is 0. The van der Waals surface area contributed by atoms with E-state index in [9.17, 15) is 8.42 Å². The molecule has 0 N–H and O–H groups in total. The van der Waals surface area contributed by atoms with Gasteiger partial charge in [0.15, 0.2) is 5.79 Å². The standard InChI is InChI=1S/C12H16N2O4S/c15-19(16,11-3-1-5-13-9-11)14-6-2-4-12(10-14)17-7-8-18-12/h1,3,5,9H,2,4,6-8,10H2. The quantitative estimate of drug-likeness (QED) is 0.796. The van der Waals surface area contributed by atoms with E-state index in [1.54, 1.807) is 18.3 Å². The lowest BCUT2D eigenvalue weighted by atomic mass is 10.1. The third-order valence-electron chi connectivity index (χ3n) is 3.47. The molecule has 6 nitrogen and oxygen atoms in total. The Labute approximate surface area is 112 Å². The average Bonchev–Trinajstić information content (AvgIpc) is 2.88. The second-order valence-electron chi connectivity index (χ2n) is 4.74. The molecule has 0 atom stereocenters. The van der Waals surface area contributed by atoms with Crippen molar-refractivity contribution >= 4 is 10.0 Å². The molecule has 2 aliphatic rings. The molecular weight excluding hydrogens is 268 g/mol. The van der Waals surface area contributed by atoms with Gasteiger partial charge < -0.3 is 9.47 Å². The number of hydrogen-bond donors (Lipinski definition) is 0. The molecular formula is C12H16N2O4S. The van der Waals surface area contributed by atoms with Crippen LogP contribution in [-0.2, 0) is 19.5 Å². The molecule has 0 unspecified atom stereocenters. The van der Waals surface area contributed by atoms with Gasteiger partial charge in [0.1, 0.15) is 4.90 Å². The van der Waals surface area contributed by atoms with Crippen LogP contribution in [0.1, 0.15) is 12.8 Å². The van der Waals surface area contributed by atoms with Crippen molar-refractivity contribution in [2.75, 3.05) is 26.3 Å². The molecule has 0 bridgehead atoms. The lowest BCUT2D eigenvalue weighted by molar-refractivity contribution is -0.179. The number of aromatic nitrogens is 1. The minimum absolute atomic E-state index is 0.213. The molecule has 104 valence electrons. The first kappa shape index (κ1) is 13.0. The summed E-state index contributed by atoms with van der Waals surface area (Å²) in [6, 6.07) is 3.18. The van der Waals surface area contributed by atoms with Crippen LogP contribution in [0.2, 0.25) is 0 Å². The van der Waals surface area contributed by atoms with Crippen molar-refractivity contribution in [1.82, 2.24) is 9.29 Å². The highest BCUT2D eigenvalue weighted by Crippen LogP contribution is 2.32. The number of sulfonamides is 1. The summed E-state index contributed by atoms with van der Waals surface area (Å²) in [4.78, 5) is 4.08. The first-order valence-electron chi connectivity index (χ1n) is 6.31. The van der Waals surface area contributed by atoms with E-state index < -0.39 is 15.8 Å². The summed E-state index contributed by atoms with van der Waals surface area (Å²) in [6.45, 7) is 1.80. The first-order chi connectivity index (χ1) is 9.12. The maximum Gasteiger partial charge on any atom is 0.244 e. The number of hydrogen-bond acceptors (Lipinski definition) is 5. The third-order valence-corrected chi connectivity index (χ3v) is 5.30. The highest BCUT2D eigenvalue weighted by atomic mass is 32.2. The molecule has 3 rings (SSSR count). The van der Waals surface area contributed by atoms with Crippen LogP contribution in [0.3, 0.4) is 0 Å². The fourth-order valence-corrected chi connectivity index (χ4v) is 4.02. The maximum absolute atomic E-state index is 12.5. The number of rotatable bonds is 2. The molecule has 3 heterocycles. The zero-order valence-corrected chi connectivity index (χ0v) is 11.3. The Bertz CT molecular complexity index is 540. The summed E-state index contributed by atoms with van der Waals surface area (Å²) >= 11 is 0. The van der Waals surface area contributed by atoms with Gasteiger partial charge in [-0.05, 0) is 18.6 Å². The molecule has 1 aromatic rings. The van der Waals surface area contributed by atoms with E-state index in [2.05, 4.69) is 4.98 Å². The predicted octanol–water partition coefficient (Wildman–Crippen LogP) is 0.609. The van der Waals surface area contributed by atoms with Gasteiger partial charge in [0, 0.05) is 25.4 Å². The molecule has 2 saturated heterocycles. The van der Waals surface area contributed by atoms with Gasteiger partial charge in [-0.3, -0.25) is 4.98 Å². The van der Waals surface area contributed by atoms with Crippen molar-refractivity contribution in [3.8, 4) is 0 Å². The lowest BCUT2D eigenvalue weighted by Gasteiger charge is -2.37. The maximum atomic E-state index is 12.5. The van der Waals surface area contributed by atoms with Crippen LogP contribution in [-0.4, -0.2) is 49.8 Å². The van der Waals surface area contributed by atoms with E-state index in [0.717, 1.165) is 12.8 Å². The second kappa shape index (κ2) is 4.82. The Kier molecular flexibility index (Phi) is 3.30. The zero-order valence-electron chi connectivity index (χ0n) is 10.5. The van der Waals surface area contributed by atoms with E-state index in [1.165, 1.54) is 10.5 Å². The normalized spacial score (nSPS) is 23.8. The minimum Gasteiger partial charge on any atom is -0.346 e. The van der Waals surface area contributed by atoms with Gasteiger partial charge in [-0.2, -0.15) is 4.31 Å². The van der Waals surface area contributed by atoms with E-state index in [4.69, 9.17) is 9.47 Å². The van der Waals surface area contributed by atoms with Gasteiger partial charge in [0.05, 0.1) is 19.8 Å². The molecule has 0 amide bonds. The molecule has 0 aliphatic carbocycles. The van der Waals surface area contributed by atoms with Crippen LogP contribution in [0.15, 0.2) is 29.4 Å². The highest BCUT2D eigenvalue weighted by molar-refractivity contribution is 7.89. The number of ether oxygens (including phenoxy) is 2. The smallest absolute Gasteiger partial charge is 0.244 e. The molecule has 19 heavy (non-hydrogen) atoms. The number of pyridine rings is 1. The Hall–Kier alpha value is -1.02. The Morgan fingerprint density at radius 1 is 1.32 bits per heavy atom. The van der Waals surface area contributed by atoms with E-state index in [0.29, 0.717) is 19.8 Å². The Morgan fingerprint density at radius 2 is 2.11 bits per heavy atom. The second-order valence-corrected chi connectivity index (χ2v) is 6.68. The van der Waals surface area contributed by atoms with Crippen molar-refractivity contribution in [3.63, 3.8) is 0 Å². The van der Waals surface area contributed by atoms with Gasteiger partial charge in [-0.25, -0.2) is 8.42 Å². The minimum atomic E-state index is -3.51. The van der Waals surface area contributed by atoms with E-state index >= 15 is 0 Å². The van der Waals surface area contributed by atoms with Crippen LogP contribution in [0.5, 0.6) is 0 Å². The summed E-state index contributed by atoms with van der Waals surface area (Å²) in [6.07, 6.45) is 4.40. The van der Waals surface area contributed by atoms with E-state index in [-0.39, 0.29) is 11.4 Å². The summed E-state index contributed by atoms with van der Waals surface area (Å²) in [5.74, 6) is -0.743. The SMILES string of the molecule is O=S(=O)(c1cccnc1)N1CCCC2(C1)OCCO2. The predicted molar refractivity (Wildman–Crippen MR) is 66.9 cm³/mol. The number of nitrogens with zero attached hydrogens (tertiary/aromatic N) is 2. The zero-order chi connectivity index (χ0) is 13.3. The van der Waals surface area contributed by atoms with Crippen molar-refractivity contribution in [1.29, 1.82) is 0 Å². The van der Waals surface area contributed by atoms with Crippen molar-refractivity contribution in [2.24, 2.45) is 0 Å². The Morgan fingerprint density at radius 3 is 2.79 bits per heavy atom. The van der Waals surface area contributed by atoms with Crippen LogP contribution < -0.4 is 0 Å². The van der Waals surface area contributed by atoms with Gasteiger partial charge in [-0.1, -0.05) is 0 Å². The topological polar surface area (TPSA) is 68.7 Å². The molecule has 7 heteroatoms. The van der Waals surface area contributed by atoms with Gasteiger partial charge >= 0.3 is 0 Å². The summed E-state index contributed by atoms with van der Waals surface area (Å²) in [5.41, 5.74) is 0. The third kappa shape index (κ3) is 2.38. The molecule has 2 aliphatic heterocycles. The largest absolute Gasteiger partial charge is 0.346 e. The highest BCUT2D eigenvalue weighted by Gasteiger charge is 2.44. The molecule has 0 radical (unpaired) electrons. The number of piperidine rings is 1. The molecule has 0 aromatic carbocycles. The van der Waals surface area contributed by atoms with Crippen molar-refractivity contribution < 1.29 is 17.9 Å². The van der Waals surface area contributed by atoms with Gasteiger partial charge in [-0.15, -0.1) is 0 Å². The van der Waals surface area contributed by atoms with Crippen molar-refractivity contribution in [3.05, 3.63) is 24.5 Å². The summed E-state index contributed by atoms with van der Waals surface area (Å²) < 4.78 is 37.6. The summed E-state index contributed by atoms with van der Waals surface area (Å²) in [7, 11) is -3.51. The van der Waals surface area contributed by atoms with Crippen molar-refractivity contribution in [2.45, 2.75) is 23.5 Å². The van der Waals surface area contributed by atoms with Gasteiger partial charge in [0.2, 0.25) is 10.0 Å².